The number of unbranched alkanes of at least 4 members (excludes halogenated alkanes) is 5. The fourth-order valence-electron chi connectivity index (χ4n) is 4.22. The molecule has 2 atom stereocenters. The minimum absolute atomic E-state index is 0.275. The van der Waals surface area contributed by atoms with Crippen LogP contribution in [0.25, 0.3) is 0 Å². The molecule has 2 aromatic rings. The van der Waals surface area contributed by atoms with Gasteiger partial charge in [-0.1, -0.05) is 50.3 Å². The van der Waals surface area contributed by atoms with E-state index in [0.717, 1.165) is 50.7 Å². The van der Waals surface area contributed by atoms with Gasteiger partial charge < -0.3 is 15.3 Å². The minimum atomic E-state index is -0.704. The van der Waals surface area contributed by atoms with Gasteiger partial charge in [-0.05, 0) is 54.2 Å². The SMILES string of the molecule is O=C(O)CCCCCCCCC1c2ccc(O)cc2SCC1c1ccc(O)cc1. The average molecular weight is 415 g/mol. The monoisotopic (exact) mass is 414 g/mol. The summed E-state index contributed by atoms with van der Waals surface area (Å²) in [5.41, 5.74) is 2.58. The highest BCUT2D eigenvalue weighted by atomic mass is 32.2. The minimum Gasteiger partial charge on any atom is -0.508 e. The molecule has 0 aliphatic carbocycles. The number of aliphatic carboxylic acids is 1. The fourth-order valence-corrected chi connectivity index (χ4v) is 5.60. The van der Waals surface area contributed by atoms with Crippen molar-refractivity contribution in [2.45, 2.75) is 68.1 Å². The van der Waals surface area contributed by atoms with Crippen LogP contribution in [0, 0.1) is 0 Å². The van der Waals surface area contributed by atoms with Crippen LogP contribution < -0.4 is 0 Å². The van der Waals surface area contributed by atoms with Crippen LogP contribution in [0.4, 0.5) is 0 Å². The van der Waals surface area contributed by atoms with E-state index in [1.165, 1.54) is 16.0 Å². The van der Waals surface area contributed by atoms with Gasteiger partial charge in [0.25, 0.3) is 0 Å². The summed E-state index contributed by atoms with van der Waals surface area (Å²) in [5, 5.41) is 28.2. The Morgan fingerprint density at radius 3 is 2.28 bits per heavy atom. The number of carboxylic acid groups (broad SMARTS) is 1. The molecule has 3 rings (SSSR count). The molecule has 0 saturated carbocycles. The molecule has 0 amide bonds. The van der Waals surface area contributed by atoms with Crippen molar-refractivity contribution >= 4 is 17.7 Å². The van der Waals surface area contributed by atoms with Gasteiger partial charge in [-0.3, -0.25) is 4.79 Å². The van der Waals surface area contributed by atoms with Crippen molar-refractivity contribution in [3.8, 4) is 11.5 Å². The summed E-state index contributed by atoms with van der Waals surface area (Å²) in [7, 11) is 0. The van der Waals surface area contributed by atoms with E-state index in [2.05, 4.69) is 6.07 Å². The number of thioether (sulfide) groups is 1. The maximum atomic E-state index is 10.6. The molecule has 1 heterocycles. The molecule has 0 saturated heterocycles. The zero-order valence-electron chi connectivity index (χ0n) is 16.7. The second-order valence-electron chi connectivity index (χ2n) is 7.89. The number of hydrogen-bond acceptors (Lipinski definition) is 4. The number of phenolic OH excluding ortho intramolecular Hbond substituents is 2. The van der Waals surface area contributed by atoms with E-state index in [1.54, 1.807) is 30.0 Å². The lowest BCUT2D eigenvalue weighted by atomic mass is 9.79. The van der Waals surface area contributed by atoms with Gasteiger partial charge in [-0.2, -0.15) is 0 Å². The number of fused-ring (bicyclic) bond motifs is 1. The highest BCUT2D eigenvalue weighted by Crippen LogP contribution is 2.49. The molecule has 1 aliphatic heterocycles. The molecule has 29 heavy (non-hydrogen) atoms. The molecule has 0 radical (unpaired) electrons. The Kier molecular flexibility index (Phi) is 7.87. The largest absolute Gasteiger partial charge is 0.508 e. The summed E-state index contributed by atoms with van der Waals surface area (Å²) < 4.78 is 0. The Labute approximate surface area is 177 Å². The maximum Gasteiger partial charge on any atom is 0.303 e. The van der Waals surface area contributed by atoms with Crippen molar-refractivity contribution < 1.29 is 20.1 Å². The smallest absolute Gasteiger partial charge is 0.303 e. The van der Waals surface area contributed by atoms with Gasteiger partial charge in [-0.25, -0.2) is 0 Å². The van der Waals surface area contributed by atoms with Crippen LogP contribution in [0.15, 0.2) is 47.4 Å². The number of carbonyl (C=O) groups is 1. The number of benzene rings is 2. The highest BCUT2D eigenvalue weighted by Gasteiger charge is 2.31. The first-order chi connectivity index (χ1) is 14.0. The topological polar surface area (TPSA) is 77.8 Å². The van der Waals surface area contributed by atoms with E-state index in [4.69, 9.17) is 5.11 Å². The van der Waals surface area contributed by atoms with E-state index in [1.807, 2.05) is 18.2 Å². The summed E-state index contributed by atoms with van der Waals surface area (Å²) >= 11 is 1.80. The first-order valence-electron chi connectivity index (χ1n) is 10.5. The Bertz CT molecular complexity index is 803. The lowest BCUT2D eigenvalue weighted by Crippen LogP contribution is -2.19. The van der Waals surface area contributed by atoms with E-state index in [-0.39, 0.29) is 6.42 Å². The lowest BCUT2D eigenvalue weighted by molar-refractivity contribution is -0.137. The van der Waals surface area contributed by atoms with Crippen molar-refractivity contribution in [1.29, 1.82) is 0 Å². The normalized spacial score (nSPS) is 18.3. The van der Waals surface area contributed by atoms with Gasteiger partial charge in [0.05, 0.1) is 0 Å². The molecule has 4 nitrogen and oxygen atoms in total. The van der Waals surface area contributed by atoms with Crippen LogP contribution in [-0.2, 0) is 4.79 Å². The maximum absolute atomic E-state index is 10.6. The van der Waals surface area contributed by atoms with Crippen LogP contribution in [0.3, 0.4) is 0 Å². The zero-order chi connectivity index (χ0) is 20.6. The molecule has 156 valence electrons. The zero-order valence-corrected chi connectivity index (χ0v) is 17.5. The summed E-state index contributed by atoms with van der Waals surface area (Å²) in [5.74, 6) is 1.68. The van der Waals surface area contributed by atoms with Gasteiger partial charge in [-0.15, -0.1) is 11.8 Å². The summed E-state index contributed by atoms with van der Waals surface area (Å²) in [6.45, 7) is 0. The molecule has 0 aromatic heterocycles. The average Bonchev–Trinajstić information content (AvgIpc) is 2.70. The number of carboxylic acids is 1. The second-order valence-corrected chi connectivity index (χ2v) is 8.95. The molecular formula is C24H30O4S. The Morgan fingerprint density at radius 2 is 1.55 bits per heavy atom. The first-order valence-corrected chi connectivity index (χ1v) is 11.5. The standard InChI is InChI=1S/C24H30O4S/c25-18-11-9-17(10-12-18)22-16-29-23-15-19(26)13-14-21(23)20(22)7-5-3-1-2-4-6-8-24(27)28/h9-15,20,22,25-26H,1-8,16H2,(H,27,28). The summed E-state index contributed by atoms with van der Waals surface area (Å²) in [4.78, 5) is 11.7. The van der Waals surface area contributed by atoms with Gasteiger partial charge in [0, 0.05) is 23.0 Å². The van der Waals surface area contributed by atoms with Gasteiger partial charge >= 0.3 is 5.97 Å². The Balaban J connectivity index is 1.60. The molecule has 2 unspecified atom stereocenters. The van der Waals surface area contributed by atoms with Crippen LogP contribution in [0.1, 0.15) is 74.3 Å². The molecule has 1 aliphatic rings. The molecule has 2 aromatic carbocycles. The van der Waals surface area contributed by atoms with E-state index < -0.39 is 5.97 Å². The van der Waals surface area contributed by atoms with Crippen molar-refractivity contribution in [3.05, 3.63) is 53.6 Å². The molecule has 3 N–H and O–H groups in total. The summed E-state index contributed by atoms with van der Waals surface area (Å²) in [6, 6.07) is 13.3. The number of hydrogen-bond donors (Lipinski definition) is 3. The number of rotatable bonds is 10. The van der Waals surface area contributed by atoms with Gasteiger partial charge in [0.15, 0.2) is 0 Å². The first kappa shape index (κ1) is 21.6. The summed E-state index contributed by atoms with van der Waals surface area (Å²) in [6.07, 6.45) is 7.68. The van der Waals surface area contributed by atoms with Crippen molar-refractivity contribution in [2.75, 3.05) is 5.75 Å². The van der Waals surface area contributed by atoms with Crippen molar-refractivity contribution in [3.63, 3.8) is 0 Å². The molecule has 0 bridgehead atoms. The van der Waals surface area contributed by atoms with E-state index in [9.17, 15) is 15.0 Å². The van der Waals surface area contributed by atoms with Crippen LogP contribution in [0.2, 0.25) is 0 Å². The molecular weight excluding hydrogens is 384 g/mol. The predicted octanol–water partition coefficient (Wildman–Crippen LogP) is 6.28. The van der Waals surface area contributed by atoms with Gasteiger partial charge in [0.2, 0.25) is 0 Å². The molecule has 5 heteroatoms. The van der Waals surface area contributed by atoms with E-state index >= 15 is 0 Å². The number of aromatic hydroxyl groups is 2. The third-order valence-corrected chi connectivity index (χ3v) is 6.97. The molecule has 0 spiro atoms. The van der Waals surface area contributed by atoms with Crippen molar-refractivity contribution in [2.24, 2.45) is 0 Å². The predicted molar refractivity (Wildman–Crippen MR) is 117 cm³/mol. The second kappa shape index (κ2) is 10.6. The lowest BCUT2D eigenvalue weighted by Gasteiger charge is -2.34. The Hall–Kier alpha value is -2.14. The third kappa shape index (κ3) is 6.17. The van der Waals surface area contributed by atoms with Crippen LogP contribution in [-0.4, -0.2) is 27.0 Å². The fraction of sp³-hybridized carbons (Fsp3) is 0.458. The highest BCUT2D eigenvalue weighted by molar-refractivity contribution is 7.99. The quantitative estimate of drug-likeness (QED) is 0.399. The van der Waals surface area contributed by atoms with Crippen molar-refractivity contribution in [1.82, 2.24) is 0 Å². The van der Waals surface area contributed by atoms with Crippen LogP contribution >= 0.6 is 11.8 Å². The third-order valence-electron chi connectivity index (χ3n) is 5.78. The van der Waals surface area contributed by atoms with Crippen LogP contribution in [0.5, 0.6) is 11.5 Å². The Morgan fingerprint density at radius 1 is 0.897 bits per heavy atom. The van der Waals surface area contributed by atoms with E-state index in [0.29, 0.717) is 23.3 Å². The molecule has 0 fully saturated rings. The van der Waals surface area contributed by atoms with Gasteiger partial charge in [0.1, 0.15) is 11.5 Å². The number of phenols is 2.